The molecule has 1 atom stereocenters. The molecule has 29 heavy (non-hydrogen) atoms. The van der Waals surface area contributed by atoms with Crippen molar-refractivity contribution in [2.24, 2.45) is 0 Å². The van der Waals surface area contributed by atoms with Crippen LogP contribution in [0.5, 0.6) is 0 Å². The van der Waals surface area contributed by atoms with Crippen LogP contribution in [0.25, 0.3) is 0 Å². The number of anilines is 1. The zero-order chi connectivity index (χ0) is 21.3. The molecule has 0 spiro atoms. The van der Waals surface area contributed by atoms with E-state index in [0.717, 1.165) is 17.2 Å². The number of hydrogen-bond acceptors (Lipinski definition) is 3. The number of fused-ring (bicyclic) bond motifs is 1. The summed E-state index contributed by atoms with van der Waals surface area (Å²) in [5.74, 6) is -1.87. The van der Waals surface area contributed by atoms with Gasteiger partial charge in [0.25, 0.3) is 5.91 Å². The van der Waals surface area contributed by atoms with Crippen molar-refractivity contribution < 1.29 is 18.8 Å². The fraction of sp³-hybridized carbons (Fsp3) is 0.286. The smallest absolute Gasteiger partial charge is 0.259 e. The van der Waals surface area contributed by atoms with Gasteiger partial charge >= 0.3 is 0 Å². The molecule has 152 valence electrons. The van der Waals surface area contributed by atoms with Crippen molar-refractivity contribution in [1.82, 2.24) is 9.80 Å². The number of carbonyl (C=O) groups excluding carboxylic acids is 3. The van der Waals surface area contributed by atoms with Crippen molar-refractivity contribution in [3.05, 3.63) is 63.9 Å². The van der Waals surface area contributed by atoms with Gasteiger partial charge in [-0.15, -0.1) is 0 Å². The number of nitrogens with one attached hydrogen (secondary N) is 1. The first-order valence-electron chi connectivity index (χ1n) is 9.04. The molecule has 0 fully saturated rings. The molecule has 3 rings (SSSR count). The lowest BCUT2D eigenvalue weighted by Crippen LogP contribution is -2.52. The molecule has 1 N–H and O–H groups in total. The van der Waals surface area contributed by atoms with Crippen molar-refractivity contribution in [2.45, 2.75) is 25.9 Å². The van der Waals surface area contributed by atoms with Crippen molar-refractivity contribution in [3.8, 4) is 0 Å². The van der Waals surface area contributed by atoms with Crippen molar-refractivity contribution in [1.29, 1.82) is 0 Å². The Morgan fingerprint density at radius 2 is 1.90 bits per heavy atom. The highest BCUT2D eigenvalue weighted by Gasteiger charge is 2.37. The quantitative estimate of drug-likeness (QED) is 0.834. The Bertz CT molecular complexity index is 973. The molecule has 1 aliphatic rings. The summed E-state index contributed by atoms with van der Waals surface area (Å²) in [5.41, 5.74) is 2.00. The minimum atomic E-state index is -0.785. The lowest BCUT2D eigenvalue weighted by Gasteiger charge is -2.37. The minimum Gasteiger partial charge on any atom is -0.347 e. The van der Waals surface area contributed by atoms with Gasteiger partial charge in [0.15, 0.2) is 0 Å². The maximum atomic E-state index is 14.4. The van der Waals surface area contributed by atoms with Crippen LogP contribution in [0.1, 0.15) is 28.4 Å². The first-order valence-corrected chi connectivity index (χ1v) is 9.42. The molecule has 1 aliphatic heterocycles. The summed E-state index contributed by atoms with van der Waals surface area (Å²) in [7, 11) is 3.22. The van der Waals surface area contributed by atoms with E-state index in [1.807, 2.05) is 6.07 Å². The Balaban J connectivity index is 2.04. The normalized spacial score (nSPS) is 15.5. The highest BCUT2D eigenvalue weighted by molar-refractivity contribution is 6.33. The summed E-state index contributed by atoms with van der Waals surface area (Å²) in [6.45, 7) is 1.50. The van der Waals surface area contributed by atoms with E-state index in [9.17, 15) is 18.8 Å². The van der Waals surface area contributed by atoms with Gasteiger partial charge in [0.2, 0.25) is 11.8 Å². The molecular weight excluding hydrogens is 397 g/mol. The lowest BCUT2D eigenvalue weighted by atomic mass is 9.92. The molecule has 3 amide bonds. The fourth-order valence-corrected chi connectivity index (χ4v) is 3.69. The van der Waals surface area contributed by atoms with Crippen molar-refractivity contribution >= 4 is 35.0 Å². The Labute approximate surface area is 173 Å². The van der Waals surface area contributed by atoms with Gasteiger partial charge in [-0.3, -0.25) is 14.4 Å². The number of halogens is 2. The van der Waals surface area contributed by atoms with Gasteiger partial charge in [-0.25, -0.2) is 4.39 Å². The second kappa shape index (κ2) is 8.21. The maximum absolute atomic E-state index is 14.4. The summed E-state index contributed by atoms with van der Waals surface area (Å²) >= 11 is 6.09. The molecule has 0 saturated carbocycles. The first-order chi connectivity index (χ1) is 13.7. The predicted octanol–water partition coefficient (Wildman–Crippen LogP) is 3.09. The van der Waals surface area contributed by atoms with Crippen LogP contribution >= 0.6 is 11.6 Å². The number of rotatable bonds is 3. The van der Waals surface area contributed by atoms with Gasteiger partial charge in [0, 0.05) is 39.7 Å². The zero-order valence-electron chi connectivity index (χ0n) is 16.3. The van der Waals surface area contributed by atoms with E-state index in [-0.39, 0.29) is 35.4 Å². The average molecular weight is 418 g/mol. The van der Waals surface area contributed by atoms with Crippen LogP contribution in [0.2, 0.25) is 5.02 Å². The molecule has 2 aromatic rings. The average Bonchev–Trinajstić information content (AvgIpc) is 2.65. The minimum absolute atomic E-state index is 0.0103. The Kier molecular flexibility index (Phi) is 5.88. The van der Waals surface area contributed by atoms with E-state index in [1.165, 1.54) is 28.9 Å². The van der Waals surface area contributed by atoms with Gasteiger partial charge in [-0.2, -0.15) is 0 Å². The molecular formula is C21H21ClFN3O3. The summed E-state index contributed by atoms with van der Waals surface area (Å²) in [4.78, 5) is 40.1. The zero-order valence-corrected chi connectivity index (χ0v) is 17.1. The second-order valence-electron chi connectivity index (χ2n) is 7.15. The number of likely N-dealkylation sites (N-methyl/N-ethyl adjacent to an activating group) is 1. The highest BCUT2D eigenvalue weighted by atomic mass is 35.5. The second-order valence-corrected chi connectivity index (χ2v) is 7.55. The van der Waals surface area contributed by atoms with Gasteiger partial charge in [0.05, 0.1) is 10.6 Å². The van der Waals surface area contributed by atoms with E-state index in [0.29, 0.717) is 5.69 Å². The SMILES string of the molecule is CC(=O)Nc1ccc2c(c1)CN(C(=O)c1c(F)cccc1Cl)[C@H](C(=O)N(C)C)C2. The van der Waals surface area contributed by atoms with Crippen LogP contribution in [-0.4, -0.2) is 47.7 Å². The summed E-state index contributed by atoms with van der Waals surface area (Å²) in [6, 6.07) is 8.57. The van der Waals surface area contributed by atoms with Crippen molar-refractivity contribution in [3.63, 3.8) is 0 Å². The molecule has 6 nitrogen and oxygen atoms in total. The van der Waals surface area contributed by atoms with Crippen LogP contribution in [0.4, 0.5) is 10.1 Å². The first kappa shape index (κ1) is 20.8. The third-order valence-corrected chi connectivity index (χ3v) is 5.14. The lowest BCUT2D eigenvalue weighted by molar-refractivity contribution is -0.134. The standard InChI is InChI=1S/C21H21ClFN3O3/c1-12(27)24-15-8-7-13-10-18(20(28)25(2)3)26(11-14(13)9-15)21(29)19-16(22)5-4-6-17(19)23/h4-9,18H,10-11H2,1-3H3,(H,24,27)/t18-/m0/s1. The predicted molar refractivity (Wildman–Crippen MR) is 108 cm³/mol. The van der Waals surface area contributed by atoms with Crippen molar-refractivity contribution in [2.75, 3.05) is 19.4 Å². The van der Waals surface area contributed by atoms with Crippen LogP contribution in [-0.2, 0) is 22.6 Å². The van der Waals surface area contributed by atoms with Crippen LogP contribution < -0.4 is 5.32 Å². The van der Waals surface area contributed by atoms with Gasteiger partial charge < -0.3 is 15.1 Å². The summed E-state index contributed by atoms with van der Waals surface area (Å²) in [5, 5.41) is 2.69. The van der Waals surface area contributed by atoms with E-state index < -0.39 is 17.8 Å². The molecule has 0 aliphatic carbocycles. The van der Waals surface area contributed by atoms with E-state index in [1.54, 1.807) is 26.2 Å². The largest absolute Gasteiger partial charge is 0.347 e. The topological polar surface area (TPSA) is 69.7 Å². The van der Waals surface area contributed by atoms with Gasteiger partial charge in [-0.05, 0) is 35.4 Å². The highest BCUT2D eigenvalue weighted by Crippen LogP contribution is 2.30. The monoisotopic (exact) mass is 417 g/mol. The molecule has 0 bridgehead atoms. The Morgan fingerprint density at radius 1 is 1.17 bits per heavy atom. The third kappa shape index (κ3) is 4.24. The third-order valence-electron chi connectivity index (χ3n) is 4.82. The van der Waals surface area contributed by atoms with Crippen LogP contribution in [0.3, 0.4) is 0 Å². The molecule has 8 heteroatoms. The summed E-state index contributed by atoms with van der Waals surface area (Å²) in [6.07, 6.45) is 0.282. The molecule has 2 aromatic carbocycles. The number of hydrogen-bond donors (Lipinski definition) is 1. The Hall–Kier alpha value is -2.93. The van der Waals surface area contributed by atoms with E-state index in [2.05, 4.69) is 5.32 Å². The number of amides is 3. The van der Waals surface area contributed by atoms with Crippen LogP contribution in [0, 0.1) is 5.82 Å². The Morgan fingerprint density at radius 3 is 2.52 bits per heavy atom. The van der Waals surface area contributed by atoms with Gasteiger partial charge in [0.1, 0.15) is 11.9 Å². The molecule has 0 radical (unpaired) electrons. The number of benzene rings is 2. The van der Waals surface area contributed by atoms with Crippen LogP contribution in [0.15, 0.2) is 36.4 Å². The maximum Gasteiger partial charge on any atom is 0.259 e. The number of carbonyl (C=O) groups is 3. The van der Waals surface area contributed by atoms with Gasteiger partial charge in [-0.1, -0.05) is 23.7 Å². The molecule has 0 saturated heterocycles. The van der Waals surface area contributed by atoms with E-state index in [4.69, 9.17) is 11.6 Å². The molecule has 1 heterocycles. The summed E-state index contributed by atoms with van der Waals surface area (Å²) < 4.78 is 14.4. The van der Waals surface area contributed by atoms with E-state index >= 15 is 0 Å². The molecule has 0 aromatic heterocycles. The fourth-order valence-electron chi connectivity index (χ4n) is 3.44. The number of nitrogens with zero attached hydrogens (tertiary/aromatic N) is 2. The molecule has 0 unspecified atom stereocenters.